The van der Waals surface area contributed by atoms with Crippen molar-refractivity contribution in [3.05, 3.63) is 33.8 Å². The lowest BCUT2D eigenvalue weighted by atomic mass is 10.0. The molecule has 0 bridgehead atoms. The minimum atomic E-state index is -2.67. The molecule has 0 unspecified atom stereocenters. The van der Waals surface area contributed by atoms with Crippen LogP contribution >= 0.6 is 11.6 Å². The van der Waals surface area contributed by atoms with Gasteiger partial charge in [-0.2, -0.15) is 0 Å². The molecule has 0 spiro atoms. The van der Waals surface area contributed by atoms with Gasteiger partial charge in [-0.1, -0.05) is 23.7 Å². The predicted molar refractivity (Wildman–Crippen MR) is 51.2 cm³/mol. The van der Waals surface area contributed by atoms with E-state index in [9.17, 15) is 13.6 Å². The Morgan fingerprint density at radius 2 is 2.00 bits per heavy atom. The monoisotopic (exact) mass is 218 g/mol. The fourth-order valence-electron chi connectivity index (χ4n) is 1.23. The van der Waals surface area contributed by atoms with Crippen LogP contribution < -0.4 is 0 Å². The van der Waals surface area contributed by atoms with E-state index in [0.29, 0.717) is 5.56 Å². The molecule has 0 saturated heterocycles. The van der Waals surface area contributed by atoms with Crippen molar-refractivity contribution in [3.63, 3.8) is 0 Å². The van der Waals surface area contributed by atoms with Gasteiger partial charge in [-0.25, -0.2) is 8.78 Å². The Balaban J connectivity index is 3.45. The van der Waals surface area contributed by atoms with Crippen LogP contribution in [0.15, 0.2) is 12.1 Å². The van der Waals surface area contributed by atoms with Crippen LogP contribution in [0.1, 0.15) is 34.8 Å². The molecule has 76 valence electrons. The number of Topliss-reactive ketones (excluding diaryl/α,β-unsaturated/α-hetero) is 1. The molecular formula is C10H9ClF2O. The molecule has 0 fully saturated rings. The predicted octanol–water partition coefficient (Wildman–Crippen LogP) is 3.79. The summed E-state index contributed by atoms with van der Waals surface area (Å²) in [6.45, 7) is 2.90. The number of rotatable bonds is 2. The third kappa shape index (κ3) is 1.93. The fourth-order valence-corrected chi connectivity index (χ4v) is 1.54. The standard InChI is InChI=1S/C10H9ClF2O/c1-5-3-4-7(10(12)13)8(6(2)14)9(5)11/h3-4,10H,1-2H3. The Kier molecular flexibility index (Phi) is 3.21. The summed E-state index contributed by atoms with van der Waals surface area (Å²) in [4.78, 5) is 11.1. The Labute approximate surface area is 85.7 Å². The molecule has 0 saturated carbocycles. The minimum Gasteiger partial charge on any atom is -0.294 e. The normalized spacial score (nSPS) is 10.7. The van der Waals surface area contributed by atoms with Crippen LogP contribution in [0.2, 0.25) is 5.02 Å². The van der Waals surface area contributed by atoms with Gasteiger partial charge in [-0.05, 0) is 19.4 Å². The van der Waals surface area contributed by atoms with E-state index in [-0.39, 0.29) is 16.1 Å². The lowest BCUT2D eigenvalue weighted by molar-refractivity contribution is 0.0999. The highest BCUT2D eigenvalue weighted by Gasteiger charge is 2.19. The quantitative estimate of drug-likeness (QED) is 0.691. The highest BCUT2D eigenvalue weighted by atomic mass is 35.5. The van der Waals surface area contributed by atoms with Crippen molar-refractivity contribution in [2.45, 2.75) is 20.3 Å². The van der Waals surface area contributed by atoms with Crippen LogP contribution in [0.25, 0.3) is 0 Å². The van der Waals surface area contributed by atoms with Crippen LogP contribution in [0, 0.1) is 6.92 Å². The zero-order valence-electron chi connectivity index (χ0n) is 7.77. The number of benzene rings is 1. The third-order valence-corrected chi connectivity index (χ3v) is 2.44. The van der Waals surface area contributed by atoms with Gasteiger partial charge in [0, 0.05) is 11.1 Å². The molecule has 1 aromatic rings. The molecule has 4 heteroatoms. The summed E-state index contributed by atoms with van der Waals surface area (Å²) < 4.78 is 25.0. The summed E-state index contributed by atoms with van der Waals surface area (Å²) in [7, 11) is 0. The van der Waals surface area contributed by atoms with Gasteiger partial charge in [0.05, 0.1) is 5.02 Å². The molecule has 0 aliphatic heterocycles. The summed E-state index contributed by atoms with van der Waals surface area (Å²) in [6.07, 6.45) is -2.67. The van der Waals surface area contributed by atoms with E-state index < -0.39 is 12.2 Å². The molecule has 14 heavy (non-hydrogen) atoms. The van der Waals surface area contributed by atoms with Crippen molar-refractivity contribution >= 4 is 17.4 Å². The summed E-state index contributed by atoms with van der Waals surface area (Å²) in [5.41, 5.74) is 0.260. The topological polar surface area (TPSA) is 17.1 Å². The van der Waals surface area contributed by atoms with Crippen LogP contribution in [0.5, 0.6) is 0 Å². The average Bonchev–Trinajstić information content (AvgIpc) is 2.08. The zero-order chi connectivity index (χ0) is 10.9. The first-order chi connectivity index (χ1) is 6.45. The van der Waals surface area contributed by atoms with E-state index in [1.807, 2.05) is 0 Å². The minimum absolute atomic E-state index is 0.0679. The van der Waals surface area contributed by atoms with Gasteiger partial charge in [-0.15, -0.1) is 0 Å². The molecule has 1 aromatic carbocycles. The van der Waals surface area contributed by atoms with Gasteiger partial charge in [0.15, 0.2) is 5.78 Å². The number of halogens is 3. The van der Waals surface area contributed by atoms with E-state index in [1.54, 1.807) is 6.92 Å². The Hall–Kier alpha value is -0.960. The Morgan fingerprint density at radius 1 is 1.43 bits per heavy atom. The van der Waals surface area contributed by atoms with Gasteiger partial charge in [0.1, 0.15) is 0 Å². The zero-order valence-corrected chi connectivity index (χ0v) is 8.53. The fraction of sp³-hybridized carbons (Fsp3) is 0.300. The smallest absolute Gasteiger partial charge is 0.264 e. The van der Waals surface area contributed by atoms with E-state index >= 15 is 0 Å². The summed E-state index contributed by atoms with van der Waals surface area (Å²) in [5, 5.41) is 0.121. The van der Waals surface area contributed by atoms with Gasteiger partial charge < -0.3 is 0 Å². The second-order valence-corrected chi connectivity index (χ2v) is 3.40. The molecule has 1 rings (SSSR count). The number of alkyl halides is 2. The van der Waals surface area contributed by atoms with Crippen molar-refractivity contribution in [2.24, 2.45) is 0 Å². The first kappa shape index (κ1) is 11.1. The molecule has 0 N–H and O–H groups in total. The molecule has 1 nitrogen and oxygen atoms in total. The van der Waals surface area contributed by atoms with E-state index in [0.717, 1.165) is 0 Å². The lowest BCUT2D eigenvalue weighted by Gasteiger charge is -2.09. The van der Waals surface area contributed by atoms with E-state index in [2.05, 4.69) is 0 Å². The number of aryl methyl sites for hydroxylation is 1. The summed E-state index contributed by atoms with van der Waals surface area (Å²) in [6, 6.07) is 2.72. The number of ketones is 1. The van der Waals surface area contributed by atoms with Gasteiger partial charge in [0.2, 0.25) is 0 Å². The van der Waals surface area contributed by atoms with Gasteiger partial charge in [0.25, 0.3) is 6.43 Å². The summed E-state index contributed by atoms with van der Waals surface area (Å²) >= 11 is 5.78. The van der Waals surface area contributed by atoms with Crippen LogP contribution in [0.3, 0.4) is 0 Å². The number of hydrogen-bond acceptors (Lipinski definition) is 1. The van der Waals surface area contributed by atoms with E-state index in [1.165, 1.54) is 19.1 Å². The van der Waals surface area contributed by atoms with Gasteiger partial charge >= 0.3 is 0 Å². The lowest BCUT2D eigenvalue weighted by Crippen LogP contribution is -2.02. The molecular weight excluding hydrogens is 210 g/mol. The second-order valence-electron chi connectivity index (χ2n) is 3.02. The van der Waals surface area contributed by atoms with Crippen LogP contribution in [-0.4, -0.2) is 5.78 Å². The third-order valence-electron chi connectivity index (χ3n) is 1.95. The maximum atomic E-state index is 12.5. The molecule has 0 heterocycles. The number of hydrogen-bond donors (Lipinski definition) is 0. The number of carbonyl (C=O) groups excluding carboxylic acids is 1. The highest BCUT2D eigenvalue weighted by Crippen LogP contribution is 2.30. The van der Waals surface area contributed by atoms with Crippen molar-refractivity contribution in [2.75, 3.05) is 0 Å². The maximum Gasteiger partial charge on any atom is 0.264 e. The average molecular weight is 219 g/mol. The first-order valence-electron chi connectivity index (χ1n) is 4.03. The van der Waals surface area contributed by atoms with E-state index in [4.69, 9.17) is 11.6 Å². The van der Waals surface area contributed by atoms with Crippen molar-refractivity contribution in [3.8, 4) is 0 Å². The second kappa shape index (κ2) is 4.05. The SMILES string of the molecule is CC(=O)c1c(C(F)F)ccc(C)c1Cl. The van der Waals surface area contributed by atoms with Crippen molar-refractivity contribution in [1.29, 1.82) is 0 Å². The number of carbonyl (C=O) groups is 1. The van der Waals surface area contributed by atoms with Crippen LogP contribution in [-0.2, 0) is 0 Å². The molecule has 0 aromatic heterocycles. The first-order valence-corrected chi connectivity index (χ1v) is 4.41. The molecule has 0 aliphatic rings. The molecule has 0 atom stereocenters. The molecule has 0 amide bonds. The summed E-state index contributed by atoms with van der Waals surface area (Å²) in [5.74, 6) is -0.436. The molecule has 0 radical (unpaired) electrons. The Bertz CT molecular complexity index is 375. The van der Waals surface area contributed by atoms with Crippen molar-refractivity contribution in [1.82, 2.24) is 0 Å². The largest absolute Gasteiger partial charge is 0.294 e. The van der Waals surface area contributed by atoms with Crippen LogP contribution in [0.4, 0.5) is 8.78 Å². The molecule has 0 aliphatic carbocycles. The highest BCUT2D eigenvalue weighted by molar-refractivity contribution is 6.34. The van der Waals surface area contributed by atoms with Crippen molar-refractivity contribution < 1.29 is 13.6 Å². The Morgan fingerprint density at radius 3 is 2.43 bits per heavy atom. The maximum absolute atomic E-state index is 12.5. The van der Waals surface area contributed by atoms with Gasteiger partial charge in [-0.3, -0.25) is 4.79 Å².